The van der Waals surface area contributed by atoms with Crippen LogP contribution in [0, 0.1) is 18.8 Å². The molecule has 7 heteroatoms. The molecule has 41 heavy (non-hydrogen) atoms. The molecule has 0 aliphatic carbocycles. The lowest BCUT2D eigenvalue weighted by atomic mass is 9.93. The first-order valence-corrected chi connectivity index (χ1v) is 14.2. The Morgan fingerprint density at radius 1 is 0.878 bits per heavy atom. The summed E-state index contributed by atoms with van der Waals surface area (Å²) in [6, 6.07) is 24.9. The topological polar surface area (TPSA) is 105 Å². The maximum absolute atomic E-state index is 13.3. The van der Waals surface area contributed by atoms with Crippen molar-refractivity contribution in [3.63, 3.8) is 0 Å². The highest BCUT2D eigenvalue weighted by Gasteiger charge is 2.30. The van der Waals surface area contributed by atoms with E-state index in [2.05, 4.69) is 47.9 Å². The van der Waals surface area contributed by atoms with Crippen LogP contribution in [0.1, 0.15) is 55.8 Å². The molecule has 0 aliphatic rings. The van der Waals surface area contributed by atoms with Gasteiger partial charge in [-0.3, -0.25) is 14.4 Å². The number of aryl methyl sites for hydroxylation is 2. The number of nitrogens with one attached hydrogen (secondary N) is 2. The van der Waals surface area contributed by atoms with Gasteiger partial charge in [-0.2, -0.15) is 0 Å². The number of benzene rings is 3. The molecule has 0 saturated carbocycles. The Hall–Kier alpha value is -3.97. The van der Waals surface area contributed by atoms with Gasteiger partial charge < -0.3 is 20.5 Å². The van der Waals surface area contributed by atoms with Gasteiger partial charge >= 0.3 is 5.97 Å². The lowest BCUT2D eigenvalue weighted by molar-refractivity contribution is -0.141. The Morgan fingerprint density at radius 3 is 2.12 bits per heavy atom. The maximum Gasteiger partial charge on any atom is 0.304 e. The second-order valence-electron chi connectivity index (χ2n) is 10.9. The number of carboxylic acid groups (broad SMARTS) is 1. The van der Waals surface area contributed by atoms with Crippen LogP contribution in [0.3, 0.4) is 0 Å². The molecule has 3 N–H and O–H groups in total. The summed E-state index contributed by atoms with van der Waals surface area (Å²) in [4.78, 5) is 38.2. The summed E-state index contributed by atoms with van der Waals surface area (Å²) in [6.07, 6.45) is 1.49. The van der Waals surface area contributed by atoms with Gasteiger partial charge in [0.2, 0.25) is 11.8 Å². The largest absolute Gasteiger partial charge is 0.481 e. The summed E-state index contributed by atoms with van der Waals surface area (Å²) in [5, 5.41) is 15.3. The predicted molar refractivity (Wildman–Crippen MR) is 161 cm³/mol. The van der Waals surface area contributed by atoms with Crippen molar-refractivity contribution in [3.8, 4) is 11.1 Å². The first-order chi connectivity index (χ1) is 19.7. The summed E-state index contributed by atoms with van der Waals surface area (Å²) >= 11 is 0. The van der Waals surface area contributed by atoms with E-state index < -0.39 is 23.8 Å². The van der Waals surface area contributed by atoms with Crippen molar-refractivity contribution >= 4 is 17.8 Å². The van der Waals surface area contributed by atoms with Crippen LogP contribution < -0.4 is 10.6 Å². The molecule has 0 saturated heterocycles. The van der Waals surface area contributed by atoms with E-state index in [9.17, 15) is 19.5 Å². The van der Waals surface area contributed by atoms with Gasteiger partial charge in [0.25, 0.3) is 0 Å². The molecule has 3 aromatic carbocycles. The van der Waals surface area contributed by atoms with Crippen molar-refractivity contribution in [2.24, 2.45) is 11.8 Å². The van der Waals surface area contributed by atoms with Gasteiger partial charge in [-0.15, -0.1) is 0 Å². The summed E-state index contributed by atoms with van der Waals surface area (Å²) in [5.74, 6) is -2.73. The zero-order chi connectivity index (χ0) is 29.8. The molecular weight excluding hydrogens is 516 g/mol. The van der Waals surface area contributed by atoms with E-state index in [1.54, 1.807) is 7.11 Å². The molecule has 0 heterocycles. The number of carbonyl (C=O) groups excluding carboxylic acids is 2. The smallest absolute Gasteiger partial charge is 0.304 e. The molecule has 0 aliphatic heterocycles. The minimum absolute atomic E-state index is 0.200. The third-order valence-corrected chi connectivity index (χ3v) is 7.28. The normalized spacial score (nSPS) is 13.3. The van der Waals surface area contributed by atoms with Gasteiger partial charge in [0.15, 0.2) is 0 Å². The third-order valence-electron chi connectivity index (χ3n) is 7.28. The first kappa shape index (κ1) is 31.6. The molecule has 0 spiro atoms. The molecule has 3 atom stereocenters. The highest BCUT2D eigenvalue weighted by molar-refractivity contribution is 5.90. The summed E-state index contributed by atoms with van der Waals surface area (Å²) in [5.41, 5.74) is 5.54. The van der Waals surface area contributed by atoms with Crippen LogP contribution in [0.4, 0.5) is 0 Å². The summed E-state index contributed by atoms with van der Waals surface area (Å²) in [7, 11) is 1.57. The van der Waals surface area contributed by atoms with E-state index >= 15 is 0 Å². The fourth-order valence-electron chi connectivity index (χ4n) is 5.05. The SMILES string of the molecule is COC[C@@H](NC(=O)[C@@H](NC(=O)[C@H](CCCc1ccc(-c2ccccc2)c(C)c1)CC(=O)O)C(C)C)c1ccccc1. The van der Waals surface area contributed by atoms with E-state index in [1.165, 1.54) is 11.1 Å². The first-order valence-electron chi connectivity index (χ1n) is 14.2. The van der Waals surface area contributed by atoms with Crippen LogP contribution in [-0.2, 0) is 25.5 Å². The molecule has 3 aromatic rings. The van der Waals surface area contributed by atoms with Crippen LogP contribution >= 0.6 is 0 Å². The Morgan fingerprint density at radius 2 is 1.54 bits per heavy atom. The number of carboxylic acids is 1. The number of rotatable bonds is 15. The molecule has 0 bridgehead atoms. The predicted octanol–water partition coefficient (Wildman–Crippen LogP) is 5.72. The van der Waals surface area contributed by atoms with Crippen LogP contribution in [0.2, 0.25) is 0 Å². The highest BCUT2D eigenvalue weighted by Crippen LogP contribution is 2.25. The number of ether oxygens (including phenoxy) is 1. The third kappa shape index (κ3) is 9.57. The zero-order valence-corrected chi connectivity index (χ0v) is 24.4. The van der Waals surface area contributed by atoms with Crippen molar-refractivity contribution in [2.45, 2.75) is 58.5 Å². The van der Waals surface area contributed by atoms with Crippen molar-refractivity contribution in [3.05, 3.63) is 95.6 Å². The minimum Gasteiger partial charge on any atom is -0.481 e. The number of methoxy groups -OCH3 is 1. The van der Waals surface area contributed by atoms with Crippen LogP contribution in [-0.4, -0.2) is 42.6 Å². The van der Waals surface area contributed by atoms with Gasteiger partial charge in [-0.1, -0.05) is 92.7 Å². The monoisotopic (exact) mass is 558 g/mol. The fourth-order valence-corrected chi connectivity index (χ4v) is 5.05. The standard InChI is InChI=1S/C34H42N2O5/c1-23(2)32(34(40)35-30(22-41-4)27-15-9-6-10-16-27)36-33(39)28(21-31(37)38)17-11-12-25-18-19-29(24(3)20-25)26-13-7-5-8-14-26/h5-10,13-16,18-20,23,28,30,32H,11-12,17,21-22H2,1-4H3,(H,35,40)(H,36,39)(H,37,38)/t28-,30-,32+/m1/s1. The molecule has 0 unspecified atom stereocenters. The van der Waals surface area contributed by atoms with E-state index in [0.29, 0.717) is 12.8 Å². The number of hydrogen-bond acceptors (Lipinski definition) is 4. The Balaban J connectivity index is 1.64. The number of amides is 2. The Kier molecular flexibility index (Phi) is 12.1. The van der Waals surface area contributed by atoms with Crippen molar-refractivity contribution in [1.82, 2.24) is 10.6 Å². The van der Waals surface area contributed by atoms with Crippen LogP contribution in [0.15, 0.2) is 78.9 Å². The molecule has 218 valence electrons. The quantitative estimate of drug-likeness (QED) is 0.221. The second kappa shape index (κ2) is 15.7. The van der Waals surface area contributed by atoms with Crippen molar-refractivity contribution < 1.29 is 24.2 Å². The van der Waals surface area contributed by atoms with E-state index in [-0.39, 0.29) is 30.9 Å². The van der Waals surface area contributed by atoms with E-state index in [4.69, 9.17) is 4.74 Å². The van der Waals surface area contributed by atoms with Gasteiger partial charge in [-0.25, -0.2) is 0 Å². The zero-order valence-electron chi connectivity index (χ0n) is 24.4. The van der Waals surface area contributed by atoms with Gasteiger partial charge in [0, 0.05) is 13.0 Å². The minimum atomic E-state index is -1.04. The van der Waals surface area contributed by atoms with Gasteiger partial charge in [0.1, 0.15) is 6.04 Å². The van der Waals surface area contributed by atoms with E-state index in [0.717, 1.165) is 23.1 Å². The molecule has 0 radical (unpaired) electrons. The molecule has 2 amide bonds. The molecule has 0 fully saturated rings. The average Bonchev–Trinajstić information content (AvgIpc) is 2.95. The van der Waals surface area contributed by atoms with E-state index in [1.807, 2.05) is 62.4 Å². The van der Waals surface area contributed by atoms with Crippen LogP contribution in [0.25, 0.3) is 11.1 Å². The summed E-state index contributed by atoms with van der Waals surface area (Å²) in [6.45, 7) is 6.07. The Bertz CT molecular complexity index is 1280. The van der Waals surface area contributed by atoms with Crippen molar-refractivity contribution in [1.29, 1.82) is 0 Å². The Labute approximate surface area is 243 Å². The van der Waals surface area contributed by atoms with Gasteiger partial charge in [-0.05, 0) is 59.9 Å². The molecular formula is C34H42N2O5. The summed E-state index contributed by atoms with van der Waals surface area (Å²) < 4.78 is 5.31. The molecule has 0 aromatic heterocycles. The highest BCUT2D eigenvalue weighted by atomic mass is 16.5. The molecule has 7 nitrogen and oxygen atoms in total. The number of carbonyl (C=O) groups is 3. The van der Waals surface area contributed by atoms with Crippen molar-refractivity contribution in [2.75, 3.05) is 13.7 Å². The number of hydrogen-bond donors (Lipinski definition) is 3. The average molecular weight is 559 g/mol. The lowest BCUT2D eigenvalue weighted by Crippen LogP contribution is -2.52. The second-order valence-corrected chi connectivity index (χ2v) is 10.9. The number of aliphatic carboxylic acids is 1. The maximum atomic E-state index is 13.3. The molecule has 3 rings (SSSR count). The van der Waals surface area contributed by atoms with Crippen LogP contribution in [0.5, 0.6) is 0 Å². The fraction of sp³-hybridized carbons (Fsp3) is 0.382. The van der Waals surface area contributed by atoms with Gasteiger partial charge in [0.05, 0.1) is 19.1 Å². The lowest BCUT2D eigenvalue weighted by Gasteiger charge is -2.27.